The molecule has 1 aromatic rings. The second-order valence-electron chi connectivity index (χ2n) is 6.23. The number of rotatable bonds is 3. The van der Waals surface area contributed by atoms with Crippen LogP contribution in [0.25, 0.3) is 0 Å². The Morgan fingerprint density at radius 2 is 1.76 bits per heavy atom. The minimum absolute atomic E-state index is 0.161. The molecule has 2 heterocycles. The Kier molecular flexibility index (Phi) is 4.44. The molecular formula is C17H24N2O2. The van der Waals surface area contributed by atoms with Gasteiger partial charge in [0.2, 0.25) is 0 Å². The van der Waals surface area contributed by atoms with E-state index >= 15 is 0 Å². The first kappa shape index (κ1) is 14.4. The first-order chi connectivity index (χ1) is 10.2. The number of nitrogens with zero attached hydrogens (tertiary/aromatic N) is 2. The van der Waals surface area contributed by atoms with Crippen LogP contribution in [0.5, 0.6) is 0 Å². The molecule has 0 aromatic heterocycles. The van der Waals surface area contributed by atoms with Crippen LogP contribution in [0.15, 0.2) is 30.3 Å². The summed E-state index contributed by atoms with van der Waals surface area (Å²) in [6, 6.07) is 11.1. The molecule has 114 valence electrons. The molecule has 2 saturated heterocycles. The zero-order chi connectivity index (χ0) is 14.7. The molecule has 4 nitrogen and oxygen atoms in total. The Morgan fingerprint density at radius 3 is 2.43 bits per heavy atom. The number of carbonyl (C=O) groups is 1. The van der Waals surface area contributed by atoms with E-state index in [1.54, 1.807) is 0 Å². The molecule has 0 bridgehead atoms. The zero-order valence-electron chi connectivity index (χ0n) is 12.4. The van der Waals surface area contributed by atoms with Crippen LogP contribution in [0.2, 0.25) is 0 Å². The van der Waals surface area contributed by atoms with Gasteiger partial charge in [0.1, 0.15) is 0 Å². The number of benzene rings is 1. The van der Waals surface area contributed by atoms with Crippen molar-refractivity contribution in [2.45, 2.75) is 31.7 Å². The van der Waals surface area contributed by atoms with Crippen LogP contribution in [0.3, 0.4) is 0 Å². The second-order valence-corrected chi connectivity index (χ2v) is 6.23. The van der Waals surface area contributed by atoms with E-state index in [0.29, 0.717) is 6.04 Å². The molecule has 0 amide bonds. The maximum Gasteiger partial charge on any atom is 0.307 e. The maximum atomic E-state index is 11.2. The van der Waals surface area contributed by atoms with Crippen molar-refractivity contribution in [2.24, 2.45) is 5.92 Å². The van der Waals surface area contributed by atoms with Gasteiger partial charge in [0, 0.05) is 31.4 Å². The molecule has 0 aliphatic carbocycles. The average Bonchev–Trinajstić information content (AvgIpc) is 2.56. The van der Waals surface area contributed by atoms with Crippen molar-refractivity contribution in [1.29, 1.82) is 0 Å². The van der Waals surface area contributed by atoms with Gasteiger partial charge in [-0.05, 0) is 44.4 Å². The molecule has 0 saturated carbocycles. The van der Waals surface area contributed by atoms with Crippen molar-refractivity contribution in [1.82, 2.24) is 4.90 Å². The summed E-state index contributed by atoms with van der Waals surface area (Å²) < 4.78 is 0. The molecule has 2 aliphatic rings. The Bertz CT molecular complexity index is 469. The Morgan fingerprint density at radius 1 is 1.05 bits per heavy atom. The second kappa shape index (κ2) is 6.48. The largest absolute Gasteiger partial charge is 0.481 e. The van der Waals surface area contributed by atoms with Crippen molar-refractivity contribution < 1.29 is 9.90 Å². The number of carboxylic acids is 1. The summed E-state index contributed by atoms with van der Waals surface area (Å²) >= 11 is 0. The van der Waals surface area contributed by atoms with Crippen LogP contribution in [-0.2, 0) is 4.79 Å². The monoisotopic (exact) mass is 288 g/mol. The third-order valence-corrected chi connectivity index (χ3v) is 4.90. The number of hydrogen-bond donors (Lipinski definition) is 1. The van der Waals surface area contributed by atoms with Gasteiger partial charge >= 0.3 is 5.97 Å². The van der Waals surface area contributed by atoms with E-state index in [-0.39, 0.29) is 5.92 Å². The molecule has 1 unspecified atom stereocenters. The fraction of sp³-hybridized carbons (Fsp3) is 0.588. The van der Waals surface area contributed by atoms with Crippen molar-refractivity contribution >= 4 is 11.7 Å². The van der Waals surface area contributed by atoms with E-state index in [1.807, 2.05) is 0 Å². The fourth-order valence-electron chi connectivity index (χ4n) is 3.67. The smallest absolute Gasteiger partial charge is 0.307 e. The maximum absolute atomic E-state index is 11.2. The number of aliphatic carboxylic acids is 1. The van der Waals surface area contributed by atoms with Crippen LogP contribution in [-0.4, -0.2) is 48.2 Å². The highest BCUT2D eigenvalue weighted by Crippen LogP contribution is 2.26. The van der Waals surface area contributed by atoms with Gasteiger partial charge in [-0.15, -0.1) is 0 Å². The van der Waals surface area contributed by atoms with E-state index in [1.165, 1.54) is 5.69 Å². The highest BCUT2D eigenvalue weighted by atomic mass is 16.4. The molecule has 0 spiro atoms. The van der Waals surface area contributed by atoms with E-state index in [4.69, 9.17) is 0 Å². The number of likely N-dealkylation sites (tertiary alicyclic amines) is 1. The molecule has 2 fully saturated rings. The van der Waals surface area contributed by atoms with Crippen LogP contribution < -0.4 is 4.90 Å². The average molecular weight is 288 g/mol. The third-order valence-electron chi connectivity index (χ3n) is 4.90. The summed E-state index contributed by atoms with van der Waals surface area (Å²) in [5.74, 6) is -0.785. The summed E-state index contributed by atoms with van der Waals surface area (Å²) in [5.41, 5.74) is 1.30. The summed E-state index contributed by atoms with van der Waals surface area (Å²) in [4.78, 5) is 16.0. The van der Waals surface area contributed by atoms with Gasteiger partial charge in [-0.1, -0.05) is 18.2 Å². The van der Waals surface area contributed by atoms with Gasteiger partial charge in [0.15, 0.2) is 0 Å². The predicted octanol–water partition coefficient (Wildman–Crippen LogP) is 2.45. The Hall–Kier alpha value is -1.55. The number of anilines is 1. The van der Waals surface area contributed by atoms with Crippen LogP contribution in [0.4, 0.5) is 5.69 Å². The predicted molar refractivity (Wildman–Crippen MR) is 83.6 cm³/mol. The highest BCUT2D eigenvalue weighted by Gasteiger charge is 2.31. The number of hydrogen-bond acceptors (Lipinski definition) is 3. The minimum atomic E-state index is -0.624. The van der Waals surface area contributed by atoms with Gasteiger partial charge < -0.3 is 10.0 Å². The summed E-state index contributed by atoms with van der Waals surface area (Å²) in [7, 11) is 0. The van der Waals surface area contributed by atoms with Gasteiger partial charge in [-0.3, -0.25) is 9.69 Å². The molecule has 0 radical (unpaired) electrons. The van der Waals surface area contributed by atoms with Crippen LogP contribution in [0, 0.1) is 5.92 Å². The number of piperidine rings is 2. The van der Waals surface area contributed by atoms with Crippen molar-refractivity contribution in [2.75, 3.05) is 31.1 Å². The summed E-state index contributed by atoms with van der Waals surface area (Å²) in [6.45, 7) is 3.96. The normalized spacial score (nSPS) is 25.0. The molecule has 1 N–H and O–H groups in total. The standard InChI is InChI=1S/C17H24N2O2/c20-17(21)14-5-4-10-19(13-14)16-8-11-18(12-9-16)15-6-2-1-3-7-15/h1-3,6-7,14,16H,4-5,8-13H2,(H,20,21). The van der Waals surface area contributed by atoms with Gasteiger partial charge in [0.25, 0.3) is 0 Å². The molecular weight excluding hydrogens is 264 g/mol. The number of carboxylic acid groups (broad SMARTS) is 1. The third kappa shape index (κ3) is 3.38. The first-order valence-electron chi connectivity index (χ1n) is 8.01. The lowest BCUT2D eigenvalue weighted by atomic mass is 9.94. The van der Waals surface area contributed by atoms with Crippen molar-refractivity contribution in [3.05, 3.63) is 30.3 Å². The fourth-order valence-corrected chi connectivity index (χ4v) is 3.67. The number of para-hydroxylation sites is 1. The summed E-state index contributed by atoms with van der Waals surface area (Å²) in [6.07, 6.45) is 4.15. The quantitative estimate of drug-likeness (QED) is 0.928. The molecule has 2 aliphatic heterocycles. The van der Waals surface area contributed by atoms with Gasteiger partial charge in [0.05, 0.1) is 5.92 Å². The lowest BCUT2D eigenvalue weighted by molar-refractivity contribution is -0.144. The SMILES string of the molecule is O=C(O)C1CCCN(C2CCN(c3ccccc3)CC2)C1. The Labute approximate surface area is 126 Å². The van der Waals surface area contributed by atoms with E-state index in [9.17, 15) is 9.90 Å². The minimum Gasteiger partial charge on any atom is -0.481 e. The molecule has 1 aromatic carbocycles. The van der Waals surface area contributed by atoms with Crippen LogP contribution in [0.1, 0.15) is 25.7 Å². The van der Waals surface area contributed by atoms with Crippen molar-refractivity contribution in [3.63, 3.8) is 0 Å². The van der Waals surface area contributed by atoms with E-state index < -0.39 is 5.97 Å². The lowest BCUT2D eigenvalue weighted by Gasteiger charge is -2.42. The van der Waals surface area contributed by atoms with Crippen molar-refractivity contribution in [3.8, 4) is 0 Å². The van der Waals surface area contributed by atoms with Crippen LogP contribution >= 0.6 is 0 Å². The zero-order valence-corrected chi connectivity index (χ0v) is 12.4. The molecule has 1 atom stereocenters. The Balaban J connectivity index is 1.55. The molecule has 3 rings (SSSR count). The van der Waals surface area contributed by atoms with Gasteiger partial charge in [-0.2, -0.15) is 0 Å². The van der Waals surface area contributed by atoms with E-state index in [2.05, 4.69) is 40.1 Å². The lowest BCUT2D eigenvalue weighted by Crippen LogP contribution is -2.49. The van der Waals surface area contributed by atoms with E-state index in [0.717, 1.165) is 51.9 Å². The topological polar surface area (TPSA) is 43.8 Å². The highest BCUT2D eigenvalue weighted by molar-refractivity contribution is 5.70. The summed E-state index contributed by atoms with van der Waals surface area (Å²) in [5, 5.41) is 9.21. The molecule has 21 heavy (non-hydrogen) atoms. The van der Waals surface area contributed by atoms with Gasteiger partial charge in [-0.25, -0.2) is 0 Å². The first-order valence-corrected chi connectivity index (χ1v) is 8.01. The molecule has 4 heteroatoms.